The Labute approximate surface area is 185 Å². The van der Waals surface area contributed by atoms with Crippen molar-refractivity contribution in [3.63, 3.8) is 0 Å². The van der Waals surface area contributed by atoms with E-state index >= 15 is 0 Å². The maximum Gasteiger partial charge on any atom is 0.314 e. The maximum atomic E-state index is 12.5. The molecule has 154 valence electrons. The molecule has 0 saturated carbocycles. The zero-order valence-electron chi connectivity index (χ0n) is 16.0. The number of carbonyl (C=O) groups excluding carboxylic acids is 2. The van der Waals surface area contributed by atoms with E-state index in [1.165, 1.54) is 0 Å². The fourth-order valence-corrected chi connectivity index (χ4v) is 3.79. The van der Waals surface area contributed by atoms with Gasteiger partial charge in [0, 0.05) is 22.0 Å². The Hall–Kier alpha value is -2.66. The lowest BCUT2D eigenvalue weighted by Crippen LogP contribution is -2.17. The zero-order chi connectivity index (χ0) is 21.5. The van der Waals surface area contributed by atoms with Crippen LogP contribution in [0, 0.1) is 0 Å². The third-order valence-electron chi connectivity index (χ3n) is 4.55. The number of hydrogen-bond acceptors (Lipinski definition) is 4. The smallest absolute Gasteiger partial charge is 0.314 e. The molecule has 0 fully saturated rings. The Kier molecular flexibility index (Phi) is 7.63. The van der Waals surface area contributed by atoms with Crippen LogP contribution in [-0.2, 0) is 14.3 Å². The average molecular weight is 443 g/mol. The number of esters is 1. The number of carbonyl (C=O) groups is 2. The molecule has 1 atom stereocenters. The van der Waals surface area contributed by atoms with Crippen molar-refractivity contribution in [2.75, 3.05) is 0 Å². The van der Waals surface area contributed by atoms with Gasteiger partial charge in [0.2, 0.25) is 0 Å². The molecule has 3 aromatic carbocycles. The van der Waals surface area contributed by atoms with Crippen LogP contribution < -0.4 is 0 Å². The van der Waals surface area contributed by atoms with E-state index in [-0.39, 0.29) is 22.0 Å². The van der Waals surface area contributed by atoms with Gasteiger partial charge in [-0.2, -0.15) is 0 Å². The lowest BCUT2D eigenvalue weighted by Gasteiger charge is -2.19. The summed E-state index contributed by atoms with van der Waals surface area (Å²) in [7, 11) is 0. The molecule has 3 rings (SSSR count). The molecule has 0 aliphatic carbocycles. The van der Waals surface area contributed by atoms with E-state index in [0.717, 1.165) is 11.1 Å². The van der Waals surface area contributed by atoms with Crippen molar-refractivity contribution in [1.82, 2.24) is 0 Å². The van der Waals surface area contributed by atoms with Crippen molar-refractivity contribution in [2.24, 2.45) is 0 Å². The molecule has 0 radical (unpaired) electrons. The fourth-order valence-electron chi connectivity index (χ4n) is 3.14. The van der Waals surface area contributed by atoms with Gasteiger partial charge in [-0.1, -0.05) is 89.9 Å². The van der Waals surface area contributed by atoms with Gasteiger partial charge in [-0.25, -0.2) is 0 Å². The molecule has 0 saturated heterocycles. The first kappa shape index (κ1) is 22.0. The van der Waals surface area contributed by atoms with E-state index in [0.29, 0.717) is 0 Å². The Balaban J connectivity index is 1.67. The van der Waals surface area contributed by atoms with Gasteiger partial charge in [-0.15, -0.1) is 0 Å². The molecule has 3 aromatic rings. The van der Waals surface area contributed by atoms with Crippen LogP contribution in [-0.4, -0.2) is 16.9 Å². The van der Waals surface area contributed by atoms with Crippen molar-refractivity contribution in [2.45, 2.75) is 25.0 Å². The SMILES string of the molecule is O=C(CC(=O)OC(c1ccccc1)c1ccccc1)C[C@@H](O)c1c(Cl)cccc1Cl. The second-order valence-electron chi connectivity index (χ2n) is 6.76. The van der Waals surface area contributed by atoms with Crippen LogP contribution in [0.3, 0.4) is 0 Å². The third kappa shape index (κ3) is 5.70. The molecule has 4 nitrogen and oxygen atoms in total. The number of benzene rings is 3. The summed E-state index contributed by atoms with van der Waals surface area (Å²) in [5, 5.41) is 10.9. The minimum Gasteiger partial charge on any atom is -0.452 e. The van der Waals surface area contributed by atoms with Crippen molar-refractivity contribution < 1.29 is 19.4 Å². The first-order chi connectivity index (χ1) is 14.5. The van der Waals surface area contributed by atoms with Gasteiger partial charge in [-0.05, 0) is 23.3 Å². The molecule has 6 heteroatoms. The summed E-state index contributed by atoms with van der Waals surface area (Å²) in [6.45, 7) is 0. The Bertz CT molecular complexity index is 946. The first-order valence-corrected chi connectivity index (χ1v) is 10.1. The lowest BCUT2D eigenvalue weighted by molar-refractivity contribution is -0.149. The first-order valence-electron chi connectivity index (χ1n) is 9.38. The number of aliphatic hydroxyl groups is 1. The van der Waals surface area contributed by atoms with Crippen LogP contribution in [0.4, 0.5) is 0 Å². The van der Waals surface area contributed by atoms with Gasteiger partial charge < -0.3 is 9.84 Å². The summed E-state index contributed by atoms with van der Waals surface area (Å²) in [6, 6.07) is 23.4. The predicted molar refractivity (Wildman–Crippen MR) is 116 cm³/mol. The zero-order valence-corrected chi connectivity index (χ0v) is 17.5. The second kappa shape index (κ2) is 10.4. The van der Waals surface area contributed by atoms with Crippen LogP contribution in [0.25, 0.3) is 0 Å². The summed E-state index contributed by atoms with van der Waals surface area (Å²) in [6.07, 6.45) is -2.59. The minimum absolute atomic E-state index is 0.263. The van der Waals surface area contributed by atoms with Crippen molar-refractivity contribution in [3.05, 3.63) is 106 Å². The largest absolute Gasteiger partial charge is 0.452 e. The quantitative estimate of drug-likeness (QED) is 0.358. The highest BCUT2D eigenvalue weighted by Gasteiger charge is 2.23. The number of ketones is 1. The van der Waals surface area contributed by atoms with Crippen LogP contribution in [0.5, 0.6) is 0 Å². The van der Waals surface area contributed by atoms with Crippen LogP contribution >= 0.6 is 23.2 Å². The molecular formula is C24H20Cl2O4. The average Bonchev–Trinajstić information content (AvgIpc) is 2.73. The van der Waals surface area contributed by atoms with Crippen molar-refractivity contribution in [3.8, 4) is 0 Å². The van der Waals surface area contributed by atoms with Gasteiger partial charge in [0.05, 0.1) is 6.10 Å². The highest BCUT2D eigenvalue weighted by atomic mass is 35.5. The number of Topliss-reactive ketones (excluding diaryl/α,β-unsaturated/α-hetero) is 1. The number of ether oxygens (including phenoxy) is 1. The topological polar surface area (TPSA) is 63.6 Å². The molecular weight excluding hydrogens is 423 g/mol. The maximum absolute atomic E-state index is 12.5. The second-order valence-corrected chi connectivity index (χ2v) is 7.58. The molecule has 0 bridgehead atoms. The van der Waals surface area contributed by atoms with Crippen LogP contribution in [0.1, 0.15) is 41.7 Å². The summed E-state index contributed by atoms with van der Waals surface area (Å²) >= 11 is 12.1. The molecule has 0 spiro atoms. The highest BCUT2D eigenvalue weighted by molar-refractivity contribution is 6.36. The third-order valence-corrected chi connectivity index (χ3v) is 5.21. The number of hydrogen-bond donors (Lipinski definition) is 1. The Morgan fingerprint density at radius 2 is 1.30 bits per heavy atom. The molecule has 0 aliphatic heterocycles. The summed E-state index contributed by atoms with van der Waals surface area (Å²) in [5.41, 5.74) is 1.87. The molecule has 0 amide bonds. The molecule has 0 aromatic heterocycles. The van der Waals surface area contributed by atoms with Crippen LogP contribution in [0.15, 0.2) is 78.9 Å². The normalized spacial score (nSPS) is 11.9. The highest BCUT2D eigenvalue weighted by Crippen LogP contribution is 2.32. The number of rotatable bonds is 8. The Morgan fingerprint density at radius 3 is 1.80 bits per heavy atom. The van der Waals surface area contributed by atoms with Crippen molar-refractivity contribution in [1.29, 1.82) is 0 Å². The van der Waals surface area contributed by atoms with Crippen LogP contribution in [0.2, 0.25) is 10.0 Å². The van der Waals surface area contributed by atoms with Gasteiger partial charge >= 0.3 is 5.97 Å². The predicted octanol–water partition coefficient (Wildman–Crippen LogP) is 5.71. The standard InChI is InChI=1S/C24H20Cl2O4/c25-19-12-7-13-20(26)23(19)21(28)14-18(27)15-22(29)30-24(16-8-3-1-4-9-16)17-10-5-2-6-11-17/h1-13,21,24,28H,14-15H2/t21-/m1/s1. The number of aliphatic hydroxyl groups excluding tert-OH is 1. The molecule has 1 N–H and O–H groups in total. The monoisotopic (exact) mass is 442 g/mol. The fraction of sp³-hybridized carbons (Fsp3) is 0.167. The minimum atomic E-state index is -1.20. The van der Waals surface area contributed by atoms with E-state index in [1.54, 1.807) is 18.2 Å². The summed E-state index contributed by atoms with van der Waals surface area (Å²) in [5.74, 6) is -1.14. The molecule has 0 heterocycles. The summed E-state index contributed by atoms with van der Waals surface area (Å²) < 4.78 is 5.63. The van der Waals surface area contributed by atoms with E-state index in [2.05, 4.69) is 0 Å². The Morgan fingerprint density at radius 1 is 0.800 bits per heavy atom. The van der Waals surface area contributed by atoms with E-state index in [4.69, 9.17) is 27.9 Å². The van der Waals surface area contributed by atoms with E-state index < -0.39 is 30.4 Å². The lowest BCUT2D eigenvalue weighted by atomic mass is 10.0. The van der Waals surface area contributed by atoms with Gasteiger partial charge in [0.1, 0.15) is 12.2 Å². The molecule has 30 heavy (non-hydrogen) atoms. The van der Waals surface area contributed by atoms with Gasteiger partial charge in [-0.3, -0.25) is 9.59 Å². The molecule has 0 aliphatic rings. The van der Waals surface area contributed by atoms with E-state index in [9.17, 15) is 14.7 Å². The van der Waals surface area contributed by atoms with Gasteiger partial charge in [0.25, 0.3) is 0 Å². The number of halogens is 2. The molecule has 0 unspecified atom stereocenters. The van der Waals surface area contributed by atoms with Gasteiger partial charge in [0.15, 0.2) is 6.10 Å². The van der Waals surface area contributed by atoms with Crippen molar-refractivity contribution >= 4 is 35.0 Å². The summed E-state index contributed by atoms with van der Waals surface area (Å²) in [4.78, 5) is 24.9. The van der Waals surface area contributed by atoms with E-state index in [1.807, 2.05) is 60.7 Å².